The highest BCUT2D eigenvalue weighted by molar-refractivity contribution is 7.98. The molecule has 0 aliphatic heterocycles. The van der Waals surface area contributed by atoms with E-state index in [0.29, 0.717) is 6.04 Å². The van der Waals surface area contributed by atoms with Crippen LogP contribution in [0.15, 0.2) is 29.2 Å². The Morgan fingerprint density at radius 2 is 1.88 bits per heavy atom. The molecule has 1 saturated carbocycles. The first-order valence-corrected chi connectivity index (χ1v) is 7.95. The molecule has 1 fully saturated rings. The number of para-hydroxylation sites is 1. The first-order chi connectivity index (χ1) is 8.33. The second-order valence-electron chi connectivity index (χ2n) is 4.97. The van der Waals surface area contributed by atoms with Crippen LogP contribution in [0.3, 0.4) is 0 Å². The van der Waals surface area contributed by atoms with Crippen molar-refractivity contribution in [3.63, 3.8) is 0 Å². The molecule has 0 bridgehead atoms. The molecule has 1 nitrogen and oxygen atoms in total. The van der Waals surface area contributed by atoms with E-state index in [2.05, 4.69) is 42.8 Å². The van der Waals surface area contributed by atoms with Crippen molar-refractivity contribution in [1.82, 2.24) is 0 Å². The third-order valence-corrected chi connectivity index (χ3v) is 4.69. The van der Waals surface area contributed by atoms with Gasteiger partial charge in [0, 0.05) is 16.6 Å². The lowest BCUT2D eigenvalue weighted by molar-refractivity contribution is 0.330. The Balaban J connectivity index is 1.93. The highest BCUT2D eigenvalue weighted by atomic mass is 32.2. The molecule has 0 unspecified atom stereocenters. The van der Waals surface area contributed by atoms with Gasteiger partial charge in [-0.25, -0.2) is 0 Å². The maximum absolute atomic E-state index is 3.72. The van der Waals surface area contributed by atoms with Crippen LogP contribution in [0.5, 0.6) is 0 Å². The summed E-state index contributed by atoms with van der Waals surface area (Å²) in [5, 5.41) is 3.72. The predicted molar refractivity (Wildman–Crippen MR) is 77.9 cm³/mol. The number of benzene rings is 1. The van der Waals surface area contributed by atoms with Gasteiger partial charge in [-0.2, -0.15) is 0 Å². The van der Waals surface area contributed by atoms with E-state index in [0.717, 1.165) is 5.92 Å². The summed E-state index contributed by atoms with van der Waals surface area (Å²) in [5.74, 6) is 0.976. The minimum absolute atomic E-state index is 0.686. The van der Waals surface area contributed by atoms with Gasteiger partial charge in [0.2, 0.25) is 0 Å². The number of nitrogens with one attached hydrogen (secondary N) is 1. The summed E-state index contributed by atoms with van der Waals surface area (Å²) in [6.07, 6.45) is 8.97. The van der Waals surface area contributed by atoms with Crippen molar-refractivity contribution in [2.24, 2.45) is 5.92 Å². The topological polar surface area (TPSA) is 12.0 Å². The van der Waals surface area contributed by atoms with Crippen LogP contribution in [-0.4, -0.2) is 12.3 Å². The van der Waals surface area contributed by atoms with Gasteiger partial charge in [-0.05, 0) is 50.0 Å². The molecule has 94 valence electrons. The molecule has 2 heteroatoms. The number of hydrogen-bond donors (Lipinski definition) is 1. The van der Waals surface area contributed by atoms with Crippen LogP contribution in [-0.2, 0) is 0 Å². The minimum Gasteiger partial charge on any atom is -0.381 e. The van der Waals surface area contributed by atoms with Crippen molar-refractivity contribution in [3.8, 4) is 0 Å². The lowest BCUT2D eigenvalue weighted by atomic mass is 9.84. The lowest BCUT2D eigenvalue weighted by Crippen LogP contribution is -2.26. The van der Waals surface area contributed by atoms with E-state index in [-0.39, 0.29) is 0 Å². The molecule has 17 heavy (non-hydrogen) atoms. The highest BCUT2D eigenvalue weighted by Crippen LogP contribution is 2.31. The Morgan fingerprint density at radius 3 is 2.53 bits per heavy atom. The van der Waals surface area contributed by atoms with Crippen molar-refractivity contribution in [1.29, 1.82) is 0 Å². The molecular formula is C15H23NS. The molecule has 1 N–H and O–H groups in total. The molecular weight excluding hydrogens is 226 g/mol. The minimum atomic E-state index is 0.686. The van der Waals surface area contributed by atoms with E-state index in [4.69, 9.17) is 0 Å². The van der Waals surface area contributed by atoms with Crippen LogP contribution in [0.25, 0.3) is 0 Å². The molecule has 1 aromatic carbocycles. The monoisotopic (exact) mass is 249 g/mol. The zero-order chi connectivity index (χ0) is 12.1. The van der Waals surface area contributed by atoms with Crippen LogP contribution in [0, 0.1) is 5.92 Å². The van der Waals surface area contributed by atoms with E-state index in [1.165, 1.54) is 42.7 Å². The Hall–Kier alpha value is -0.630. The van der Waals surface area contributed by atoms with E-state index in [1.807, 2.05) is 11.8 Å². The van der Waals surface area contributed by atoms with Crippen LogP contribution >= 0.6 is 11.8 Å². The van der Waals surface area contributed by atoms with Gasteiger partial charge in [0.15, 0.2) is 0 Å². The second kappa shape index (κ2) is 6.34. The largest absolute Gasteiger partial charge is 0.381 e. The molecule has 1 aromatic rings. The Bertz CT molecular complexity index is 343. The molecule has 1 aliphatic rings. The Morgan fingerprint density at radius 1 is 1.18 bits per heavy atom. The maximum atomic E-state index is 3.72. The van der Waals surface area contributed by atoms with E-state index >= 15 is 0 Å². The standard InChI is InChI=1S/C15H23NS/c1-3-12-8-10-13(11-9-12)16-14-6-4-5-7-15(14)17-2/h4-7,12-13,16H,3,8-11H2,1-2H3. The first-order valence-electron chi connectivity index (χ1n) is 6.73. The molecule has 0 spiro atoms. The second-order valence-corrected chi connectivity index (χ2v) is 5.82. The SMILES string of the molecule is CCC1CCC(Nc2ccccc2SC)CC1. The summed E-state index contributed by atoms with van der Waals surface area (Å²) in [6, 6.07) is 9.33. The molecule has 1 aliphatic carbocycles. The van der Waals surface area contributed by atoms with Crippen LogP contribution < -0.4 is 5.32 Å². The summed E-state index contributed by atoms with van der Waals surface area (Å²) in [5.41, 5.74) is 1.32. The van der Waals surface area contributed by atoms with Crippen molar-refractivity contribution in [2.45, 2.75) is 50.0 Å². The van der Waals surface area contributed by atoms with Crippen LogP contribution in [0.2, 0.25) is 0 Å². The summed E-state index contributed by atoms with van der Waals surface area (Å²) in [4.78, 5) is 1.37. The van der Waals surface area contributed by atoms with Crippen molar-refractivity contribution < 1.29 is 0 Å². The maximum Gasteiger partial charge on any atom is 0.0480 e. The van der Waals surface area contributed by atoms with Gasteiger partial charge in [0.05, 0.1) is 0 Å². The molecule has 0 heterocycles. The average molecular weight is 249 g/mol. The number of hydrogen-bond acceptors (Lipinski definition) is 2. The van der Waals surface area contributed by atoms with Gasteiger partial charge in [0.25, 0.3) is 0 Å². The van der Waals surface area contributed by atoms with Crippen LogP contribution in [0.4, 0.5) is 5.69 Å². The fourth-order valence-electron chi connectivity index (χ4n) is 2.70. The van der Waals surface area contributed by atoms with Gasteiger partial charge in [-0.15, -0.1) is 11.8 Å². The number of anilines is 1. The molecule has 0 aromatic heterocycles. The summed E-state index contributed by atoms with van der Waals surface area (Å²) >= 11 is 1.83. The van der Waals surface area contributed by atoms with Gasteiger partial charge in [-0.1, -0.05) is 25.5 Å². The molecule has 2 rings (SSSR count). The number of rotatable bonds is 4. The van der Waals surface area contributed by atoms with Crippen molar-refractivity contribution in [3.05, 3.63) is 24.3 Å². The fourth-order valence-corrected chi connectivity index (χ4v) is 3.26. The Labute approximate surface area is 109 Å². The third-order valence-electron chi connectivity index (χ3n) is 3.89. The van der Waals surface area contributed by atoms with Gasteiger partial charge in [-0.3, -0.25) is 0 Å². The first kappa shape index (κ1) is 12.8. The fraction of sp³-hybridized carbons (Fsp3) is 0.600. The van der Waals surface area contributed by atoms with Crippen LogP contribution in [0.1, 0.15) is 39.0 Å². The summed E-state index contributed by atoms with van der Waals surface area (Å²) in [6.45, 7) is 2.32. The molecule has 0 saturated heterocycles. The quantitative estimate of drug-likeness (QED) is 0.770. The summed E-state index contributed by atoms with van der Waals surface area (Å²) in [7, 11) is 0. The zero-order valence-electron chi connectivity index (χ0n) is 10.9. The van der Waals surface area contributed by atoms with E-state index < -0.39 is 0 Å². The molecule has 0 amide bonds. The lowest BCUT2D eigenvalue weighted by Gasteiger charge is -2.29. The van der Waals surface area contributed by atoms with E-state index in [1.54, 1.807) is 0 Å². The number of thioether (sulfide) groups is 1. The molecule has 0 atom stereocenters. The smallest absolute Gasteiger partial charge is 0.0480 e. The van der Waals surface area contributed by atoms with Crippen molar-refractivity contribution in [2.75, 3.05) is 11.6 Å². The normalized spacial score (nSPS) is 24.6. The zero-order valence-corrected chi connectivity index (χ0v) is 11.7. The average Bonchev–Trinajstić information content (AvgIpc) is 2.40. The summed E-state index contributed by atoms with van der Waals surface area (Å²) < 4.78 is 0. The van der Waals surface area contributed by atoms with E-state index in [9.17, 15) is 0 Å². The van der Waals surface area contributed by atoms with Gasteiger partial charge in [0.1, 0.15) is 0 Å². The molecule has 0 radical (unpaired) electrons. The van der Waals surface area contributed by atoms with Gasteiger partial charge >= 0.3 is 0 Å². The predicted octanol–water partition coefficient (Wildman–Crippen LogP) is 4.79. The Kier molecular flexibility index (Phi) is 4.78. The van der Waals surface area contributed by atoms with Crippen molar-refractivity contribution >= 4 is 17.4 Å². The third kappa shape index (κ3) is 3.41. The highest BCUT2D eigenvalue weighted by Gasteiger charge is 2.20. The van der Waals surface area contributed by atoms with Gasteiger partial charge < -0.3 is 5.32 Å².